The Hall–Kier alpha value is -2.57. The molecular weight excluding hydrogens is 395 g/mol. The first-order valence-corrected chi connectivity index (χ1v) is 9.44. The lowest BCUT2D eigenvalue weighted by atomic mass is 10.1. The molecule has 0 aliphatic heterocycles. The Kier molecular flexibility index (Phi) is 5.63. The highest BCUT2D eigenvalue weighted by atomic mass is 31.1. The quantitative estimate of drug-likeness (QED) is 0.198. The second-order valence-corrected chi connectivity index (χ2v) is 7.41. The van der Waals surface area contributed by atoms with Crippen molar-refractivity contribution in [1.82, 2.24) is 24.6 Å². The summed E-state index contributed by atoms with van der Waals surface area (Å²) in [6.07, 6.45) is 3.51. The van der Waals surface area contributed by atoms with Gasteiger partial charge in [0.25, 0.3) is 13.7 Å². The van der Waals surface area contributed by atoms with Gasteiger partial charge in [0.2, 0.25) is 5.95 Å². The fourth-order valence-corrected chi connectivity index (χ4v) is 3.20. The molecule has 1 aliphatic carbocycles. The molecule has 28 heavy (non-hydrogen) atoms. The predicted octanol–water partition coefficient (Wildman–Crippen LogP) is -0.674. The Bertz CT molecular complexity index is 1020. The lowest BCUT2D eigenvalue weighted by Crippen LogP contribution is -2.29. The highest BCUT2D eigenvalue weighted by Gasteiger charge is 2.49. The molecule has 1 aliphatic rings. The van der Waals surface area contributed by atoms with Crippen molar-refractivity contribution in [2.45, 2.75) is 19.4 Å². The molecule has 1 unspecified atom stereocenters. The molecule has 2 heterocycles. The van der Waals surface area contributed by atoms with Gasteiger partial charge in [-0.2, -0.15) is 9.66 Å². The number of carboxylic acids is 1. The normalized spacial score (nSPS) is 22.4. The maximum Gasteiger partial charge on any atom is 0.320 e. The van der Waals surface area contributed by atoms with Crippen LogP contribution < -0.4 is 16.4 Å². The fraction of sp³-hybridized carbons (Fsp3) is 0.429. The standard InChI is InChI=1S/C14H19N6O7P/c1-7(12(23)24)19-28(25)27-26-5-14(4-21)2-8(14)3-20-6-16-9-10(20)17-13(15)18-11(9)22/h3,6-7,21,28H,2,4-5H2,1H3,(H,19,25)(H,23,24)(H3,15,17,18,22)/b8-3-/t7-,14-/m0/s1. The van der Waals surface area contributed by atoms with E-state index >= 15 is 0 Å². The number of anilines is 1. The monoisotopic (exact) mass is 414 g/mol. The number of fused-ring (bicyclic) bond motifs is 1. The smallest absolute Gasteiger partial charge is 0.320 e. The largest absolute Gasteiger partial charge is 0.480 e. The van der Waals surface area contributed by atoms with Crippen molar-refractivity contribution in [1.29, 1.82) is 0 Å². The van der Waals surface area contributed by atoms with Gasteiger partial charge in [-0.3, -0.25) is 23.7 Å². The van der Waals surface area contributed by atoms with Crippen LogP contribution in [0.3, 0.4) is 0 Å². The second-order valence-electron chi connectivity index (χ2n) is 6.38. The van der Waals surface area contributed by atoms with E-state index < -0.39 is 31.2 Å². The Morgan fingerprint density at radius 1 is 1.64 bits per heavy atom. The van der Waals surface area contributed by atoms with E-state index in [0.29, 0.717) is 6.42 Å². The molecule has 14 heteroatoms. The predicted molar refractivity (Wildman–Crippen MR) is 97.2 cm³/mol. The van der Waals surface area contributed by atoms with E-state index in [2.05, 4.69) is 24.7 Å². The van der Waals surface area contributed by atoms with Crippen LogP contribution in [0.1, 0.15) is 13.3 Å². The molecule has 0 amide bonds. The molecule has 3 rings (SSSR count). The number of nitrogens with zero attached hydrogens (tertiary/aromatic N) is 3. The van der Waals surface area contributed by atoms with Crippen molar-refractivity contribution in [2.24, 2.45) is 5.41 Å². The van der Waals surface area contributed by atoms with E-state index in [4.69, 9.17) is 15.7 Å². The molecular formula is C14H19N6O7P. The molecule has 3 atom stereocenters. The Morgan fingerprint density at radius 2 is 2.39 bits per heavy atom. The number of nitrogens with one attached hydrogen (secondary N) is 2. The summed E-state index contributed by atoms with van der Waals surface area (Å²) in [6, 6.07) is -1.06. The molecule has 1 saturated carbocycles. The van der Waals surface area contributed by atoms with Gasteiger partial charge in [0, 0.05) is 11.6 Å². The van der Waals surface area contributed by atoms with E-state index in [-0.39, 0.29) is 30.3 Å². The van der Waals surface area contributed by atoms with Crippen LogP contribution in [0, 0.1) is 5.41 Å². The number of aliphatic hydroxyl groups is 1. The summed E-state index contributed by atoms with van der Waals surface area (Å²) in [5.74, 6) is -1.23. The van der Waals surface area contributed by atoms with Crippen LogP contribution in [0.25, 0.3) is 17.4 Å². The van der Waals surface area contributed by atoms with Crippen LogP contribution in [0.5, 0.6) is 0 Å². The van der Waals surface area contributed by atoms with Gasteiger partial charge in [-0.25, -0.2) is 15.0 Å². The molecule has 0 spiro atoms. The lowest BCUT2D eigenvalue weighted by Gasteiger charge is -2.12. The number of aromatic amines is 1. The van der Waals surface area contributed by atoms with Gasteiger partial charge in [-0.05, 0) is 18.9 Å². The molecule has 2 aromatic rings. The van der Waals surface area contributed by atoms with Crippen LogP contribution in [-0.4, -0.2) is 55.0 Å². The third-order valence-electron chi connectivity index (χ3n) is 4.31. The number of nitrogen functional groups attached to an aromatic ring is 1. The zero-order valence-corrected chi connectivity index (χ0v) is 15.7. The first kappa shape index (κ1) is 20.2. The number of rotatable bonds is 9. The highest BCUT2D eigenvalue weighted by molar-refractivity contribution is 7.36. The SMILES string of the molecule is C[C@H](N[PH](=O)OOC[C@@]1(CO)C/C1=C/n1cnc2c(=O)[nH]c(N)nc21)C(=O)O. The van der Waals surface area contributed by atoms with Crippen molar-refractivity contribution in [2.75, 3.05) is 18.9 Å². The van der Waals surface area contributed by atoms with Crippen molar-refractivity contribution in [3.8, 4) is 0 Å². The number of hydrogen-bond acceptors (Lipinski definition) is 9. The van der Waals surface area contributed by atoms with E-state index in [9.17, 15) is 19.3 Å². The second kappa shape index (κ2) is 7.81. The van der Waals surface area contributed by atoms with E-state index in [1.165, 1.54) is 17.8 Å². The minimum absolute atomic E-state index is 0.0492. The minimum atomic E-state index is -2.92. The van der Waals surface area contributed by atoms with Crippen molar-refractivity contribution in [3.05, 3.63) is 22.3 Å². The van der Waals surface area contributed by atoms with Crippen LogP contribution in [0.15, 0.2) is 16.7 Å². The van der Waals surface area contributed by atoms with Crippen LogP contribution in [0.4, 0.5) is 5.95 Å². The lowest BCUT2D eigenvalue weighted by molar-refractivity contribution is -0.216. The Labute approximate surface area is 158 Å². The fourth-order valence-electron chi connectivity index (χ4n) is 2.51. The molecule has 152 valence electrons. The summed E-state index contributed by atoms with van der Waals surface area (Å²) >= 11 is 0. The summed E-state index contributed by atoms with van der Waals surface area (Å²) in [4.78, 5) is 37.8. The third kappa shape index (κ3) is 4.13. The molecule has 2 aromatic heterocycles. The number of H-pyrrole nitrogens is 1. The number of carboxylic acid groups (broad SMARTS) is 1. The van der Waals surface area contributed by atoms with Crippen LogP contribution >= 0.6 is 8.18 Å². The Balaban J connectivity index is 1.65. The summed E-state index contributed by atoms with van der Waals surface area (Å²) < 4.78 is 17.8. The number of hydrogen-bond donors (Lipinski definition) is 5. The van der Waals surface area contributed by atoms with Crippen LogP contribution in [0.2, 0.25) is 0 Å². The van der Waals surface area contributed by atoms with E-state index in [1.54, 1.807) is 6.20 Å². The molecule has 6 N–H and O–H groups in total. The van der Waals surface area contributed by atoms with E-state index in [0.717, 1.165) is 5.57 Å². The summed E-state index contributed by atoms with van der Waals surface area (Å²) in [5, 5.41) is 20.7. The minimum Gasteiger partial charge on any atom is -0.480 e. The number of imidazole rings is 1. The van der Waals surface area contributed by atoms with Crippen LogP contribution in [-0.2, 0) is 18.9 Å². The number of aliphatic hydroxyl groups excluding tert-OH is 1. The van der Waals surface area contributed by atoms with Gasteiger partial charge >= 0.3 is 5.97 Å². The van der Waals surface area contributed by atoms with Gasteiger partial charge in [-0.1, -0.05) is 0 Å². The Morgan fingerprint density at radius 3 is 3.07 bits per heavy atom. The molecule has 0 saturated heterocycles. The number of nitrogens with two attached hydrogens (primary N) is 1. The van der Waals surface area contributed by atoms with Crippen molar-refractivity contribution in [3.63, 3.8) is 0 Å². The molecule has 0 aromatic carbocycles. The maximum atomic E-state index is 11.8. The van der Waals surface area contributed by atoms with Gasteiger partial charge < -0.3 is 15.9 Å². The van der Waals surface area contributed by atoms with Gasteiger partial charge in [-0.15, -0.1) is 0 Å². The molecule has 1 fully saturated rings. The summed E-state index contributed by atoms with van der Waals surface area (Å²) in [6.45, 7) is 0.953. The van der Waals surface area contributed by atoms with Gasteiger partial charge in [0.1, 0.15) is 12.4 Å². The first-order chi connectivity index (χ1) is 13.3. The van der Waals surface area contributed by atoms with Crippen molar-refractivity contribution < 1.29 is 29.1 Å². The average molecular weight is 414 g/mol. The molecule has 0 bridgehead atoms. The zero-order chi connectivity index (χ0) is 20.5. The van der Waals surface area contributed by atoms with Gasteiger partial charge in [0.05, 0.1) is 13.2 Å². The molecule has 13 nitrogen and oxygen atoms in total. The first-order valence-electron chi connectivity index (χ1n) is 8.13. The summed E-state index contributed by atoms with van der Waals surface area (Å²) in [5.41, 5.74) is 5.50. The van der Waals surface area contributed by atoms with Gasteiger partial charge in [0.15, 0.2) is 11.2 Å². The van der Waals surface area contributed by atoms with E-state index in [1.807, 2.05) is 0 Å². The topological polar surface area (TPSA) is 195 Å². The maximum absolute atomic E-state index is 11.8. The number of aliphatic carboxylic acids is 1. The number of carbonyl (C=O) groups is 1. The highest BCUT2D eigenvalue weighted by Crippen LogP contribution is 2.52. The number of aromatic nitrogens is 4. The summed E-state index contributed by atoms with van der Waals surface area (Å²) in [7, 11) is -2.92. The third-order valence-corrected chi connectivity index (χ3v) is 5.25. The zero-order valence-electron chi connectivity index (χ0n) is 14.7. The van der Waals surface area contributed by atoms with Crippen molar-refractivity contribution >= 4 is 37.5 Å². The molecule has 0 radical (unpaired) electrons. The average Bonchev–Trinajstić information content (AvgIpc) is 3.16.